The van der Waals surface area contributed by atoms with Crippen LogP contribution in [-0.2, 0) is 6.42 Å². The summed E-state index contributed by atoms with van der Waals surface area (Å²) in [6.07, 6.45) is -0.793. The molecular formula is C21H17ClN2O4S. The van der Waals surface area contributed by atoms with Crippen LogP contribution in [0.2, 0.25) is 0 Å². The average molecular weight is 429 g/mol. The number of hydrogen-bond donors (Lipinski definition) is 3. The van der Waals surface area contributed by atoms with Gasteiger partial charge in [0, 0.05) is 28.3 Å². The lowest BCUT2D eigenvalue weighted by Gasteiger charge is -2.14. The Balaban J connectivity index is 1.84. The number of rotatable bonds is 5. The Morgan fingerprint density at radius 3 is 2.69 bits per heavy atom. The maximum Gasteiger partial charge on any atom is 0.405 e. The van der Waals surface area contributed by atoms with Crippen LogP contribution in [0.4, 0.5) is 4.79 Å². The molecule has 4 aromatic rings. The zero-order valence-electron chi connectivity index (χ0n) is 15.4. The maximum absolute atomic E-state index is 12.3. The molecule has 2 aromatic carbocycles. The summed E-state index contributed by atoms with van der Waals surface area (Å²) in [7, 11) is 1.62. The number of ether oxygens (including phenoxy) is 1. The summed E-state index contributed by atoms with van der Waals surface area (Å²) in [5.41, 5.74) is 2.65. The van der Waals surface area contributed by atoms with Gasteiger partial charge in [0.05, 0.1) is 7.11 Å². The number of fused-ring (bicyclic) bond motifs is 3. The van der Waals surface area contributed by atoms with Crippen molar-refractivity contribution < 1.29 is 14.6 Å². The Bertz CT molecular complexity index is 1260. The second-order valence-electron chi connectivity index (χ2n) is 6.50. The summed E-state index contributed by atoms with van der Waals surface area (Å²) in [4.78, 5) is 26.0. The summed E-state index contributed by atoms with van der Waals surface area (Å²) < 4.78 is 6.29. The number of H-pyrrole nitrogens is 1. The van der Waals surface area contributed by atoms with Crippen molar-refractivity contribution in [2.75, 3.05) is 7.11 Å². The first-order valence-corrected chi connectivity index (χ1v) is 10.1. The first-order chi connectivity index (χ1) is 14.0. The quantitative estimate of drug-likeness (QED) is 0.314. The Morgan fingerprint density at radius 2 is 2.00 bits per heavy atom. The zero-order valence-corrected chi connectivity index (χ0v) is 16.9. The number of hydrogen-bond acceptors (Lipinski definition) is 4. The molecule has 0 bridgehead atoms. The topological polar surface area (TPSA) is 91.4 Å². The van der Waals surface area contributed by atoms with E-state index in [1.165, 1.54) is 11.3 Å². The number of thiophene rings is 1. The van der Waals surface area contributed by atoms with Gasteiger partial charge >= 0.3 is 6.09 Å². The van der Waals surface area contributed by atoms with Crippen LogP contribution in [0.3, 0.4) is 0 Å². The summed E-state index contributed by atoms with van der Waals surface area (Å²) in [5.74, 6) is 0.701. The molecule has 0 fully saturated rings. The predicted molar refractivity (Wildman–Crippen MR) is 116 cm³/mol. The van der Waals surface area contributed by atoms with Crippen molar-refractivity contribution >= 4 is 50.0 Å². The standard InChI is InChI=1S/C21H17ClN2O4S/c1-28-15-7-6-14-18(13-8-9-29-19(13)20(25)23-14)17(15)12-4-2-11(3-5-12)10-16(22)24-21(26)27/h2-9,16,24H,10H2,1H3,(H,23,25)(H,26,27). The van der Waals surface area contributed by atoms with Crippen LogP contribution in [0.5, 0.6) is 5.75 Å². The third-order valence-electron chi connectivity index (χ3n) is 4.71. The lowest BCUT2D eigenvalue weighted by molar-refractivity contribution is 0.193. The van der Waals surface area contributed by atoms with E-state index >= 15 is 0 Å². The monoisotopic (exact) mass is 428 g/mol. The Hall–Kier alpha value is -3.03. The van der Waals surface area contributed by atoms with Gasteiger partial charge < -0.3 is 20.1 Å². The van der Waals surface area contributed by atoms with Gasteiger partial charge in [0.25, 0.3) is 5.56 Å². The fourth-order valence-electron chi connectivity index (χ4n) is 3.48. The van der Waals surface area contributed by atoms with E-state index in [1.54, 1.807) is 7.11 Å². The van der Waals surface area contributed by atoms with E-state index in [-0.39, 0.29) is 5.56 Å². The molecule has 0 aliphatic heterocycles. The normalized spacial score (nSPS) is 12.2. The van der Waals surface area contributed by atoms with Crippen LogP contribution < -0.4 is 15.6 Å². The van der Waals surface area contributed by atoms with Gasteiger partial charge in [0.15, 0.2) is 0 Å². The first-order valence-electron chi connectivity index (χ1n) is 8.81. The minimum absolute atomic E-state index is 0.104. The van der Waals surface area contributed by atoms with Gasteiger partial charge in [-0.25, -0.2) is 4.79 Å². The van der Waals surface area contributed by atoms with Crippen molar-refractivity contribution in [3.8, 4) is 16.9 Å². The van der Waals surface area contributed by atoms with Crippen LogP contribution in [-0.4, -0.2) is 28.8 Å². The van der Waals surface area contributed by atoms with E-state index < -0.39 is 11.6 Å². The number of methoxy groups -OCH3 is 1. The number of pyridine rings is 1. The summed E-state index contributed by atoms with van der Waals surface area (Å²) >= 11 is 7.42. The highest BCUT2D eigenvalue weighted by molar-refractivity contribution is 7.17. The molecule has 1 unspecified atom stereocenters. The molecule has 0 aliphatic carbocycles. The number of aromatic amines is 1. The van der Waals surface area contributed by atoms with Gasteiger partial charge in [-0.05, 0) is 34.7 Å². The number of aromatic nitrogens is 1. The Kier molecular flexibility index (Phi) is 5.17. The Morgan fingerprint density at radius 1 is 1.24 bits per heavy atom. The van der Waals surface area contributed by atoms with Gasteiger partial charge in [-0.2, -0.15) is 0 Å². The molecule has 8 heteroatoms. The van der Waals surface area contributed by atoms with Crippen molar-refractivity contribution in [2.45, 2.75) is 11.9 Å². The molecule has 0 saturated carbocycles. The van der Waals surface area contributed by atoms with Crippen LogP contribution in [0, 0.1) is 0 Å². The van der Waals surface area contributed by atoms with E-state index in [2.05, 4.69) is 10.3 Å². The van der Waals surface area contributed by atoms with Gasteiger partial charge in [-0.1, -0.05) is 35.9 Å². The number of halogens is 1. The van der Waals surface area contributed by atoms with Gasteiger partial charge in [-0.15, -0.1) is 11.3 Å². The number of carboxylic acid groups (broad SMARTS) is 1. The maximum atomic E-state index is 12.3. The van der Waals surface area contributed by atoms with Gasteiger partial charge in [0.1, 0.15) is 16.0 Å². The third-order valence-corrected chi connectivity index (χ3v) is 5.89. The summed E-state index contributed by atoms with van der Waals surface area (Å²) in [5, 5.41) is 14.7. The number of alkyl halides is 1. The van der Waals surface area contributed by atoms with Crippen molar-refractivity contribution in [1.29, 1.82) is 0 Å². The molecule has 1 atom stereocenters. The molecule has 2 aromatic heterocycles. The average Bonchev–Trinajstić information content (AvgIpc) is 3.18. The fourth-order valence-corrected chi connectivity index (χ4v) is 4.55. The number of carbonyl (C=O) groups is 1. The van der Waals surface area contributed by atoms with Crippen molar-refractivity contribution in [1.82, 2.24) is 10.3 Å². The van der Waals surface area contributed by atoms with Crippen LogP contribution in [0.1, 0.15) is 5.56 Å². The summed E-state index contributed by atoms with van der Waals surface area (Å²) in [6.45, 7) is 0. The molecule has 4 rings (SSSR count). The molecule has 0 spiro atoms. The van der Waals surface area contributed by atoms with Crippen LogP contribution >= 0.6 is 22.9 Å². The molecule has 6 nitrogen and oxygen atoms in total. The largest absolute Gasteiger partial charge is 0.496 e. The number of amides is 1. The molecule has 0 aliphatic rings. The predicted octanol–water partition coefficient (Wildman–Crippen LogP) is 4.79. The SMILES string of the molecule is COc1ccc2[nH]c(=O)c3sccc3c2c1-c1ccc(CC(Cl)NC(=O)O)cc1. The zero-order chi connectivity index (χ0) is 20.5. The highest BCUT2D eigenvalue weighted by Crippen LogP contribution is 2.40. The lowest BCUT2D eigenvalue weighted by atomic mass is 9.96. The van der Waals surface area contributed by atoms with E-state index in [4.69, 9.17) is 21.4 Å². The molecule has 1 amide bonds. The highest BCUT2D eigenvalue weighted by atomic mass is 35.5. The fraction of sp³-hybridized carbons (Fsp3) is 0.143. The van der Waals surface area contributed by atoms with E-state index in [1.807, 2.05) is 47.8 Å². The van der Waals surface area contributed by atoms with Crippen molar-refractivity contribution in [3.05, 3.63) is 63.8 Å². The van der Waals surface area contributed by atoms with E-state index in [9.17, 15) is 9.59 Å². The molecule has 0 radical (unpaired) electrons. The van der Waals surface area contributed by atoms with Crippen molar-refractivity contribution in [2.24, 2.45) is 0 Å². The number of nitrogens with one attached hydrogen (secondary N) is 2. The molecule has 148 valence electrons. The van der Waals surface area contributed by atoms with E-state index in [0.29, 0.717) is 16.9 Å². The highest BCUT2D eigenvalue weighted by Gasteiger charge is 2.16. The molecule has 2 heterocycles. The number of benzene rings is 2. The van der Waals surface area contributed by atoms with Crippen molar-refractivity contribution in [3.63, 3.8) is 0 Å². The van der Waals surface area contributed by atoms with Gasteiger partial charge in [-0.3, -0.25) is 4.79 Å². The second kappa shape index (κ2) is 7.77. The summed E-state index contributed by atoms with van der Waals surface area (Å²) in [6, 6.07) is 13.3. The Labute approximate surface area is 174 Å². The molecule has 3 N–H and O–H groups in total. The van der Waals surface area contributed by atoms with Crippen LogP contribution in [0.15, 0.2) is 52.6 Å². The third kappa shape index (κ3) is 3.66. The second-order valence-corrected chi connectivity index (χ2v) is 7.94. The minimum atomic E-state index is -1.16. The first kappa shape index (κ1) is 19.3. The molecule has 29 heavy (non-hydrogen) atoms. The minimum Gasteiger partial charge on any atom is -0.496 e. The molecule has 0 saturated heterocycles. The lowest BCUT2D eigenvalue weighted by Crippen LogP contribution is -2.30. The van der Waals surface area contributed by atoms with E-state index in [0.717, 1.165) is 33.0 Å². The molecular weight excluding hydrogens is 412 g/mol. The van der Waals surface area contributed by atoms with Crippen LogP contribution in [0.25, 0.3) is 32.1 Å². The smallest absolute Gasteiger partial charge is 0.405 e. The van der Waals surface area contributed by atoms with Gasteiger partial charge in [0.2, 0.25) is 0 Å².